The van der Waals surface area contributed by atoms with Gasteiger partial charge in [0, 0.05) is 12.6 Å². The van der Waals surface area contributed by atoms with Gasteiger partial charge in [-0.1, -0.05) is 19.9 Å². The van der Waals surface area contributed by atoms with E-state index in [2.05, 4.69) is 10.1 Å². The summed E-state index contributed by atoms with van der Waals surface area (Å²) < 4.78 is 15.2. The number of benzene rings is 1. The minimum Gasteiger partial charge on any atom is -0.493 e. The van der Waals surface area contributed by atoms with Crippen LogP contribution < -0.4 is 14.8 Å². The van der Waals surface area contributed by atoms with Crippen molar-refractivity contribution in [2.75, 3.05) is 27.4 Å². The molecule has 1 amide bonds. The molecule has 0 atom stereocenters. The lowest BCUT2D eigenvalue weighted by Crippen LogP contribution is -2.31. The van der Waals surface area contributed by atoms with Crippen LogP contribution in [-0.4, -0.2) is 39.2 Å². The van der Waals surface area contributed by atoms with E-state index in [1.165, 1.54) is 20.3 Å². The molecule has 1 rings (SSSR count). The van der Waals surface area contributed by atoms with Crippen molar-refractivity contribution in [2.24, 2.45) is 5.92 Å². The average Bonchev–Trinajstić information content (AvgIpc) is 2.55. The van der Waals surface area contributed by atoms with Gasteiger partial charge in [0.1, 0.15) is 0 Å². The topological polar surface area (TPSA) is 73.9 Å². The number of nitrogens with one attached hydrogen (secondary N) is 1. The van der Waals surface area contributed by atoms with Gasteiger partial charge in [-0.05, 0) is 29.7 Å². The molecule has 23 heavy (non-hydrogen) atoms. The maximum Gasteiger partial charge on any atom is 0.330 e. The summed E-state index contributed by atoms with van der Waals surface area (Å²) in [5, 5.41) is 2.77. The number of hydrogen-bond donors (Lipinski definition) is 1. The van der Waals surface area contributed by atoms with Crippen molar-refractivity contribution in [3.63, 3.8) is 0 Å². The lowest BCUT2D eigenvalue weighted by atomic mass is 10.2. The zero-order valence-corrected chi connectivity index (χ0v) is 13.9. The van der Waals surface area contributed by atoms with Gasteiger partial charge in [0.05, 0.1) is 14.2 Å². The average molecular weight is 321 g/mol. The zero-order valence-electron chi connectivity index (χ0n) is 13.9. The highest BCUT2D eigenvalue weighted by atomic mass is 16.5. The summed E-state index contributed by atoms with van der Waals surface area (Å²) in [6.45, 7) is 4.56. The third kappa shape index (κ3) is 6.86. The van der Waals surface area contributed by atoms with Gasteiger partial charge in [-0.25, -0.2) is 4.79 Å². The highest BCUT2D eigenvalue weighted by Crippen LogP contribution is 2.28. The quantitative estimate of drug-likeness (QED) is 0.586. The molecule has 1 aromatic rings. The predicted octanol–water partition coefficient (Wildman–Crippen LogP) is 2.03. The zero-order chi connectivity index (χ0) is 17.2. The Balaban J connectivity index is 2.67. The molecule has 0 aliphatic carbocycles. The normalized spacial score (nSPS) is 10.7. The molecule has 0 aliphatic heterocycles. The lowest BCUT2D eigenvalue weighted by Gasteiger charge is -2.12. The molecule has 0 aromatic heterocycles. The first-order valence-electron chi connectivity index (χ1n) is 7.29. The van der Waals surface area contributed by atoms with Gasteiger partial charge in [0.15, 0.2) is 18.1 Å². The lowest BCUT2D eigenvalue weighted by molar-refractivity contribution is -0.134. The van der Waals surface area contributed by atoms with Gasteiger partial charge >= 0.3 is 5.97 Å². The number of esters is 1. The Labute approximate surface area is 136 Å². The Morgan fingerprint density at radius 2 is 1.96 bits per heavy atom. The maximum absolute atomic E-state index is 11.7. The molecule has 0 spiro atoms. The highest BCUT2D eigenvalue weighted by Gasteiger charge is 2.08. The van der Waals surface area contributed by atoms with Gasteiger partial charge in [-0.2, -0.15) is 0 Å². The Morgan fingerprint density at radius 1 is 1.22 bits per heavy atom. The SMILES string of the molecule is COC(=O)/C=C/c1ccc(OCC(=O)NCC(C)C)c(OC)c1. The van der Waals surface area contributed by atoms with E-state index in [1.54, 1.807) is 24.3 Å². The number of carbonyl (C=O) groups excluding carboxylic acids is 2. The predicted molar refractivity (Wildman–Crippen MR) is 87.4 cm³/mol. The molecular weight excluding hydrogens is 298 g/mol. The fourth-order valence-corrected chi connectivity index (χ4v) is 1.65. The molecule has 1 N–H and O–H groups in total. The molecule has 0 radical (unpaired) electrons. The van der Waals surface area contributed by atoms with Gasteiger partial charge in [-0.3, -0.25) is 4.79 Å². The Hall–Kier alpha value is -2.50. The van der Waals surface area contributed by atoms with E-state index in [-0.39, 0.29) is 12.5 Å². The van der Waals surface area contributed by atoms with Crippen molar-refractivity contribution < 1.29 is 23.8 Å². The van der Waals surface area contributed by atoms with E-state index in [4.69, 9.17) is 9.47 Å². The molecular formula is C17H23NO5. The minimum atomic E-state index is -0.439. The van der Waals surface area contributed by atoms with Crippen molar-refractivity contribution in [3.8, 4) is 11.5 Å². The second kappa shape index (κ2) is 9.50. The van der Waals surface area contributed by atoms with Crippen LogP contribution in [0, 0.1) is 5.92 Å². The van der Waals surface area contributed by atoms with Gasteiger partial charge in [-0.15, -0.1) is 0 Å². The van der Waals surface area contributed by atoms with Crippen molar-refractivity contribution >= 4 is 18.0 Å². The van der Waals surface area contributed by atoms with Crippen LogP contribution in [0.15, 0.2) is 24.3 Å². The molecule has 0 fully saturated rings. The summed E-state index contributed by atoms with van der Waals surface area (Å²) in [5.74, 6) is 0.701. The van der Waals surface area contributed by atoms with Gasteiger partial charge in [0.25, 0.3) is 5.91 Å². The summed E-state index contributed by atoms with van der Waals surface area (Å²) in [5.41, 5.74) is 0.754. The number of carbonyl (C=O) groups is 2. The van der Waals surface area contributed by atoms with Crippen LogP contribution in [0.4, 0.5) is 0 Å². The van der Waals surface area contributed by atoms with Crippen molar-refractivity contribution in [1.29, 1.82) is 0 Å². The molecule has 0 aliphatic rings. The highest BCUT2D eigenvalue weighted by molar-refractivity contribution is 5.87. The summed E-state index contributed by atoms with van der Waals surface area (Å²) in [6.07, 6.45) is 2.92. The largest absolute Gasteiger partial charge is 0.493 e. The fraction of sp³-hybridized carbons (Fsp3) is 0.412. The van der Waals surface area contributed by atoms with Crippen LogP contribution in [-0.2, 0) is 14.3 Å². The van der Waals surface area contributed by atoms with Crippen molar-refractivity contribution in [3.05, 3.63) is 29.8 Å². The van der Waals surface area contributed by atoms with Crippen LogP contribution >= 0.6 is 0 Å². The van der Waals surface area contributed by atoms with Crippen LogP contribution in [0.3, 0.4) is 0 Å². The van der Waals surface area contributed by atoms with E-state index in [0.717, 1.165) is 5.56 Å². The molecule has 0 bridgehead atoms. The van der Waals surface area contributed by atoms with E-state index >= 15 is 0 Å². The van der Waals surface area contributed by atoms with Gasteiger partial charge in [0.2, 0.25) is 0 Å². The van der Waals surface area contributed by atoms with Gasteiger partial charge < -0.3 is 19.5 Å². The first-order valence-corrected chi connectivity index (χ1v) is 7.29. The van der Waals surface area contributed by atoms with Crippen LogP contribution in [0.1, 0.15) is 19.4 Å². The molecule has 0 saturated carbocycles. The summed E-state index contributed by atoms with van der Waals surface area (Å²) in [4.78, 5) is 22.7. The Kier molecular flexibility index (Phi) is 7.66. The summed E-state index contributed by atoms with van der Waals surface area (Å²) in [6, 6.07) is 5.15. The monoisotopic (exact) mass is 321 g/mol. The summed E-state index contributed by atoms with van der Waals surface area (Å²) in [7, 11) is 2.82. The van der Waals surface area contributed by atoms with Crippen molar-refractivity contribution in [1.82, 2.24) is 5.32 Å². The molecule has 6 heteroatoms. The van der Waals surface area contributed by atoms with Crippen LogP contribution in [0.2, 0.25) is 0 Å². The van der Waals surface area contributed by atoms with Crippen molar-refractivity contribution in [2.45, 2.75) is 13.8 Å². The second-order valence-electron chi connectivity index (χ2n) is 5.25. The first-order chi connectivity index (χ1) is 11.0. The Morgan fingerprint density at radius 3 is 2.57 bits per heavy atom. The smallest absolute Gasteiger partial charge is 0.330 e. The van der Waals surface area contributed by atoms with Crippen LogP contribution in [0.5, 0.6) is 11.5 Å². The van der Waals surface area contributed by atoms with E-state index in [9.17, 15) is 9.59 Å². The third-order valence-corrected chi connectivity index (χ3v) is 2.87. The molecule has 1 aromatic carbocycles. The first kappa shape index (κ1) is 18.5. The van der Waals surface area contributed by atoms with Crippen LogP contribution in [0.25, 0.3) is 6.08 Å². The number of rotatable bonds is 8. The van der Waals surface area contributed by atoms with E-state index in [0.29, 0.717) is 24.0 Å². The number of amides is 1. The molecule has 126 valence electrons. The Bertz CT molecular complexity index is 566. The molecule has 0 unspecified atom stereocenters. The molecule has 6 nitrogen and oxygen atoms in total. The standard InChI is InChI=1S/C17H23NO5/c1-12(2)10-18-16(19)11-23-14-7-5-13(9-15(14)21-3)6-8-17(20)22-4/h5-9,12H,10-11H2,1-4H3,(H,18,19)/b8-6+. The summed E-state index contributed by atoms with van der Waals surface area (Å²) >= 11 is 0. The number of ether oxygens (including phenoxy) is 3. The second-order valence-corrected chi connectivity index (χ2v) is 5.25. The fourth-order valence-electron chi connectivity index (χ4n) is 1.65. The van der Waals surface area contributed by atoms with E-state index < -0.39 is 5.97 Å². The number of methoxy groups -OCH3 is 2. The number of hydrogen-bond acceptors (Lipinski definition) is 5. The molecule has 0 heterocycles. The maximum atomic E-state index is 11.7. The molecule has 0 saturated heterocycles. The van der Waals surface area contributed by atoms with E-state index in [1.807, 2.05) is 13.8 Å². The minimum absolute atomic E-state index is 0.0829. The third-order valence-electron chi connectivity index (χ3n) is 2.87.